The van der Waals surface area contributed by atoms with Crippen molar-refractivity contribution in [1.29, 1.82) is 0 Å². The lowest BCUT2D eigenvalue weighted by molar-refractivity contribution is -0.130. The number of aryl methyl sites for hydroxylation is 1. The van der Waals surface area contributed by atoms with E-state index in [9.17, 15) is 9.59 Å². The molecule has 22 heavy (non-hydrogen) atoms. The van der Waals surface area contributed by atoms with Crippen LogP contribution in [0.2, 0.25) is 0 Å². The Labute approximate surface area is 131 Å². The molecule has 0 aromatic heterocycles. The van der Waals surface area contributed by atoms with Crippen LogP contribution in [0.5, 0.6) is 0 Å². The van der Waals surface area contributed by atoms with Gasteiger partial charge in [0, 0.05) is 38.0 Å². The minimum absolute atomic E-state index is 0.0291. The van der Waals surface area contributed by atoms with Crippen molar-refractivity contribution in [2.75, 3.05) is 13.1 Å². The molecule has 5 nitrogen and oxygen atoms in total. The lowest BCUT2D eigenvalue weighted by atomic mass is 10.1. The Morgan fingerprint density at radius 3 is 2.77 bits per heavy atom. The summed E-state index contributed by atoms with van der Waals surface area (Å²) in [7, 11) is 0. The third kappa shape index (κ3) is 5.15. The van der Waals surface area contributed by atoms with Crippen LogP contribution in [0.1, 0.15) is 31.7 Å². The van der Waals surface area contributed by atoms with Crippen molar-refractivity contribution in [3.63, 3.8) is 0 Å². The quantitative estimate of drug-likeness (QED) is 0.825. The number of likely N-dealkylation sites (tertiary alicyclic amines) is 1. The fraction of sp³-hybridized carbons (Fsp3) is 0.529. The fourth-order valence-corrected chi connectivity index (χ4v) is 2.74. The molecular formula is C17H25N3O2. The van der Waals surface area contributed by atoms with Crippen LogP contribution in [0.25, 0.3) is 0 Å². The number of benzene rings is 1. The smallest absolute Gasteiger partial charge is 0.222 e. The van der Waals surface area contributed by atoms with Crippen LogP contribution >= 0.6 is 0 Å². The van der Waals surface area contributed by atoms with Gasteiger partial charge in [0.1, 0.15) is 0 Å². The molecule has 0 saturated carbocycles. The number of nitrogens with zero attached hydrogens (tertiary/aromatic N) is 1. The molecule has 1 saturated heterocycles. The van der Waals surface area contributed by atoms with Crippen molar-refractivity contribution in [1.82, 2.24) is 10.2 Å². The van der Waals surface area contributed by atoms with Crippen LogP contribution in [0.15, 0.2) is 30.3 Å². The van der Waals surface area contributed by atoms with E-state index < -0.39 is 0 Å². The summed E-state index contributed by atoms with van der Waals surface area (Å²) in [6.45, 7) is 3.14. The zero-order valence-corrected chi connectivity index (χ0v) is 13.1. The van der Waals surface area contributed by atoms with Gasteiger partial charge in [0.05, 0.1) is 0 Å². The molecule has 1 aliphatic rings. The van der Waals surface area contributed by atoms with Crippen molar-refractivity contribution >= 4 is 11.8 Å². The molecule has 0 bridgehead atoms. The SMILES string of the molecule is CC(N)CC(=O)NC1CCN(C(=O)CCc2ccccc2)C1. The molecule has 0 spiro atoms. The molecule has 2 rings (SSSR count). The molecule has 0 radical (unpaired) electrons. The largest absolute Gasteiger partial charge is 0.351 e. The topological polar surface area (TPSA) is 75.4 Å². The molecule has 1 aromatic carbocycles. The fourth-order valence-electron chi connectivity index (χ4n) is 2.74. The van der Waals surface area contributed by atoms with Crippen LogP contribution in [-0.2, 0) is 16.0 Å². The van der Waals surface area contributed by atoms with Crippen molar-refractivity contribution in [3.05, 3.63) is 35.9 Å². The highest BCUT2D eigenvalue weighted by Crippen LogP contribution is 2.12. The molecule has 120 valence electrons. The minimum Gasteiger partial charge on any atom is -0.351 e. The third-order valence-electron chi connectivity index (χ3n) is 3.88. The van der Waals surface area contributed by atoms with E-state index >= 15 is 0 Å². The summed E-state index contributed by atoms with van der Waals surface area (Å²) < 4.78 is 0. The first-order valence-electron chi connectivity index (χ1n) is 7.91. The Kier molecular flexibility index (Phi) is 5.95. The first-order valence-corrected chi connectivity index (χ1v) is 7.91. The predicted molar refractivity (Wildman–Crippen MR) is 86.2 cm³/mol. The maximum absolute atomic E-state index is 12.2. The normalized spacial score (nSPS) is 19.0. The van der Waals surface area contributed by atoms with Crippen molar-refractivity contribution in [2.45, 2.75) is 44.7 Å². The van der Waals surface area contributed by atoms with Crippen LogP contribution in [-0.4, -0.2) is 41.9 Å². The maximum Gasteiger partial charge on any atom is 0.222 e. The summed E-state index contributed by atoms with van der Waals surface area (Å²) >= 11 is 0. The monoisotopic (exact) mass is 303 g/mol. The van der Waals surface area contributed by atoms with Gasteiger partial charge >= 0.3 is 0 Å². The van der Waals surface area contributed by atoms with Gasteiger partial charge in [0.2, 0.25) is 11.8 Å². The van der Waals surface area contributed by atoms with E-state index in [-0.39, 0.29) is 23.9 Å². The number of carbonyl (C=O) groups is 2. The van der Waals surface area contributed by atoms with Crippen LogP contribution < -0.4 is 11.1 Å². The highest BCUT2D eigenvalue weighted by atomic mass is 16.2. The summed E-state index contributed by atoms with van der Waals surface area (Å²) in [4.78, 5) is 25.8. The van der Waals surface area contributed by atoms with E-state index in [1.807, 2.05) is 42.2 Å². The first-order chi connectivity index (χ1) is 10.5. The van der Waals surface area contributed by atoms with E-state index in [0.717, 1.165) is 19.4 Å². The molecule has 1 aromatic rings. The number of carbonyl (C=O) groups excluding carboxylic acids is 2. The molecule has 2 amide bonds. The summed E-state index contributed by atoms with van der Waals surface area (Å²) in [5.41, 5.74) is 6.79. The van der Waals surface area contributed by atoms with Gasteiger partial charge in [-0.2, -0.15) is 0 Å². The molecular weight excluding hydrogens is 278 g/mol. The lowest BCUT2D eigenvalue weighted by Crippen LogP contribution is -2.40. The van der Waals surface area contributed by atoms with Gasteiger partial charge in [-0.05, 0) is 25.3 Å². The molecule has 5 heteroatoms. The van der Waals surface area contributed by atoms with E-state index in [1.54, 1.807) is 0 Å². The van der Waals surface area contributed by atoms with Gasteiger partial charge < -0.3 is 16.0 Å². The Morgan fingerprint density at radius 1 is 1.36 bits per heavy atom. The lowest BCUT2D eigenvalue weighted by Gasteiger charge is -2.17. The van der Waals surface area contributed by atoms with Gasteiger partial charge in [-0.3, -0.25) is 9.59 Å². The van der Waals surface area contributed by atoms with Crippen LogP contribution in [0.3, 0.4) is 0 Å². The van der Waals surface area contributed by atoms with E-state index in [1.165, 1.54) is 5.56 Å². The molecule has 2 atom stereocenters. The first kappa shape index (κ1) is 16.5. The van der Waals surface area contributed by atoms with Crippen molar-refractivity contribution in [2.24, 2.45) is 5.73 Å². The molecule has 1 fully saturated rings. The molecule has 1 heterocycles. The Bertz CT molecular complexity index is 502. The number of amides is 2. The van der Waals surface area contributed by atoms with Gasteiger partial charge in [0.25, 0.3) is 0 Å². The van der Waals surface area contributed by atoms with Gasteiger partial charge in [-0.25, -0.2) is 0 Å². The predicted octanol–water partition coefficient (Wildman–Crippen LogP) is 1.07. The maximum atomic E-state index is 12.2. The average molecular weight is 303 g/mol. The second-order valence-electron chi connectivity index (χ2n) is 6.06. The number of nitrogens with one attached hydrogen (secondary N) is 1. The summed E-state index contributed by atoms with van der Waals surface area (Å²) in [6, 6.07) is 9.94. The zero-order chi connectivity index (χ0) is 15.9. The number of nitrogens with two attached hydrogens (primary N) is 1. The van der Waals surface area contributed by atoms with E-state index in [0.29, 0.717) is 19.4 Å². The third-order valence-corrected chi connectivity index (χ3v) is 3.88. The second kappa shape index (κ2) is 7.94. The Hall–Kier alpha value is -1.88. The zero-order valence-electron chi connectivity index (χ0n) is 13.1. The van der Waals surface area contributed by atoms with E-state index in [2.05, 4.69) is 5.32 Å². The molecule has 0 aliphatic carbocycles. The Balaban J connectivity index is 1.73. The van der Waals surface area contributed by atoms with Gasteiger partial charge in [0.15, 0.2) is 0 Å². The second-order valence-corrected chi connectivity index (χ2v) is 6.06. The van der Waals surface area contributed by atoms with Gasteiger partial charge in [-0.15, -0.1) is 0 Å². The highest BCUT2D eigenvalue weighted by molar-refractivity contribution is 5.78. The Morgan fingerprint density at radius 2 is 2.09 bits per heavy atom. The molecule has 1 aliphatic heterocycles. The number of rotatable bonds is 6. The van der Waals surface area contributed by atoms with Gasteiger partial charge in [-0.1, -0.05) is 30.3 Å². The number of hydrogen-bond donors (Lipinski definition) is 2. The molecule has 3 N–H and O–H groups in total. The summed E-state index contributed by atoms with van der Waals surface area (Å²) in [6.07, 6.45) is 2.43. The van der Waals surface area contributed by atoms with Crippen LogP contribution in [0.4, 0.5) is 0 Å². The van der Waals surface area contributed by atoms with E-state index in [4.69, 9.17) is 5.73 Å². The van der Waals surface area contributed by atoms with Crippen LogP contribution in [0, 0.1) is 0 Å². The van der Waals surface area contributed by atoms with Crippen molar-refractivity contribution < 1.29 is 9.59 Å². The average Bonchev–Trinajstić information content (AvgIpc) is 2.93. The van der Waals surface area contributed by atoms with Crippen molar-refractivity contribution in [3.8, 4) is 0 Å². The summed E-state index contributed by atoms with van der Waals surface area (Å²) in [5.74, 6) is 0.131. The standard InChI is InChI=1S/C17H25N3O2/c1-13(18)11-16(21)19-15-9-10-20(12-15)17(22)8-7-14-5-3-2-4-6-14/h2-6,13,15H,7-12,18H2,1H3,(H,19,21). The highest BCUT2D eigenvalue weighted by Gasteiger charge is 2.26. The minimum atomic E-state index is -0.134. The molecule has 2 unspecified atom stereocenters. The number of hydrogen-bond acceptors (Lipinski definition) is 3. The summed E-state index contributed by atoms with van der Waals surface area (Å²) in [5, 5.41) is 2.96.